The summed E-state index contributed by atoms with van der Waals surface area (Å²) in [5.74, 6) is -0.161. The van der Waals surface area contributed by atoms with Gasteiger partial charge in [-0.3, -0.25) is 4.79 Å². The number of nitrogens with one attached hydrogen (secondary N) is 1. The molecular weight excluding hydrogens is 230 g/mol. The Hall–Kier alpha value is -1.90. The summed E-state index contributed by atoms with van der Waals surface area (Å²) in [5.41, 5.74) is 1.22. The molecule has 1 fully saturated rings. The molecule has 18 heavy (non-hydrogen) atoms. The smallest absolute Gasteiger partial charge is 0.246 e. The molecule has 1 amide bonds. The van der Waals surface area contributed by atoms with E-state index in [2.05, 4.69) is 11.4 Å². The fraction of sp³-hybridized carbons (Fsp3) is 0.385. The number of nitriles is 1. The van der Waals surface area contributed by atoms with E-state index in [1.54, 1.807) is 29.2 Å². The van der Waals surface area contributed by atoms with E-state index in [0.717, 1.165) is 0 Å². The molecule has 2 N–H and O–H groups in total. The molecule has 1 aliphatic heterocycles. The van der Waals surface area contributed by atoms with E-state index >= 15 is 0 Å². The van der Waals surface area contributed by atoms with Crippen LogP contribution in [0.25, 0.3) is 0 Å². The van der Waals surface area contributed by atoms with Crippen molar-refractivity contribution in [2.24, 2.45) is 0 Å². The Labute approximate surface area is 106 Å². The summed E-state index contributed by atoms with van der Waals surface area (Å²) in [7, 11) is 0. The summed E-state index contributed by atoms with van der Waals surface area (Å²) in [4.78, 5) is 13.8. The van der Waals surface area contributed by atoms with Crippen molar-refractivity contribution in [1.29, 1.82) is 5.26 Å². The molecule has 0 spiro atoms. The lowest BCUT2D eigenvalue weighted by atomic mass is 10.1. The number of anilines is 1. The molecule has 1 aromatic rings. The van der Waals surface area contributed by atoms with Gasteiger partial charge in [0.05, 0.1) is 18.2 Å². The number of hydrogen-bond acceptors (Lipinski definition) is 4. The van der Waals surface area contributed by atoms with Crippen molar-refractivity contribution in [3.8, 4) is 6.07 Å². The van der Waals surface area contributed by atoms with Crippen LogP contribution < -0.4 is 10.2 Å². The Kier molecular flexibility index (Phi) is 3.60. The van der Waals surface area contributed by atoms with Gasteiger partial charge in [-0.15, -0.1) is 0 Å². The van der Waals surface area contributed by atoms with Crippen molar-refractivity contribution in [1.82, 2.24) is 5.32 Å². The van der Waals surface area contributed by atoms with Crippen molar-refractivity contribution in [2.75, 3.05) is 18.1 Å². The fourth-order valence-electron chi connectivity index (χ4n) is 2.13. The summed E-state index contributed by atoms with van der Waals surface area (Å²) in [6.07, 6.45) is 0. The predicted octanol–water partition coefficient (Wildman–Crippen LogP) is 0.244. The highest BCUT2D eigenvalue weighted by molar-refractivity contribution is 5.98. The lowest BCUT2D eigenvalue weighted by Crippen LogP contribution is -2.60. The van der Waals surface area contributed by atoms with E-state index in [9.17, 15) is 4.79 Å². The van der Waals surface area contributed by atoms with Crippen LogP contribution in [0.5, 0.6) is 0 Å². The maximum absolute atomic E-state index is 12.2. The van der Waals surface area contributed by atoms with Gasteiger partial charge in [-0.2, -0.15) is 5.26 Å². The molecule has 0 aliphatic carbocycles. The fourth-order valence-corrected chi connectivity index (χ4v) is 2.13. The Bertz CT molecular complexity index is 495. The quantitative estimate of drug-likeness (QED) is 0.782. The minimum atomic E-state index is -0.563. The second kappa shape index (κ2) is 5.17. The number of benzene rings is 1. The molecule has 2 rings (SSSR count). The van der Waals surface area contributed by atoms with Crippen LogP contribution in [0.15, 0.2) is 24.3 Å². The SMILES string of the molecule is CC1CNC(CO)C(=O)N1c1cccc(C#N)c1. The number of aliphatic hydroxyl groups is 1. The number of nitrogens with zero attached hydrogens (tertiary/aromatic N) is 2. The van der Waals surface area contributed by atoms with Gasteiger partial charge in [0.2, 0.25) is 5.91 Å². The van der Waals surface area contributed by atoms with Gasteiger partial charge in [0.25, 0.3) is 0 Å². The minimum absolute atomic E-state index is 0.00533. The standard InChI is InChI=1S/C13H15N3O2/c1-9-7-15-12(8-17)13(18)16(9)11-4-2-3-10(5-11)6-14/h2-5,9,12,15,17H,7-8H2,1H3. The van der Waals surface area contributed by atoms with E-state index in [-0.39, 0.29) is 18.6 Å². The molecule has 1 saturated heterocycles. The number of aliphatic hydroxyl groups excluding tert-OH is 1. The number of hydrogen-bond donors (Lipinski definition) is 2. The maximum Gasteiger partial charge on any atom is 0.246 e. The monoisotopic (exact) mass is 245 g/mol. The zero-order chi connectivity index (χ0) is 13.1. The third-order valence-electron chi connectivity index (χ3n) is 3.07. The molecule has 5 nitrogen and oxygen atoms in total. The molecule has 2 unspecified atom stereocenters. The molecule has 0 radical (unpaired) electrons. The normalized spacial score (nSPS) is 23.8. The second-order valence-electron chi connectivity index (χ2n) is 4.36. The number of amides is 1. The van der Waals surface area contributed by atoms with Gasteiger partial charge in [0, 0.05) is 18.3 Å². The topological polar surface area (TPSA) is 76.4 Å². The minimum Gasteiger partial charge on any atom is -0.394 e. The van der Waals surface area contributed by atoms with Gasteiger partial charge in [0.15, 0.2) is 0 Å². The lowest BCUT2D eigenvalue weighted by molar-refractivity contribution is -0.123. The van der Waals surface area contributed by atoms with E-state index in [1.165, 1.54) is 0 Å². The average molecular weight is 245 g/mol. The summed E-state index contributed by atoms with van der Waals surface area (Å²) < 4.78 is 0. The van der Waals surface area contributed by atoms with Gasteiger partial charge < -0.3 is 15.3 Å². The predicted molar refractivity (Wildman–Crippen MR) is 67.0 cm³/mol. The molecule has 5 heteroatoms. The molecule has 94 valence electrons. The first kappa shape index (κ1) is 12.6. The number of piperazine rings is 1. The first-order chi connectivity index (χ1) is 8.67. The zero-order valence-electron chi connectivity index (χ0n) is 10.1. The van der Waals surface area contributed by atoms with Gasteiger partial charge in [-0.05, 0) is 25.1 Å². The molecule has 0 bridgehead atoms. The third-order valence-corrected chi connectivity index (χ3v) is 3.07. The van der Waals surface area contributed by atoms with E-state index in [0.29, 0.717) is 17.8 Å². The summed E-state index contributed by atoms with van der Waals surface area (Å²) in [6.45, 7) is 2.32. The Balaban J connectivity index is 2.34. The van der Waals surface area contributed by atoms with Crippen LogP contribution in [0.3, 0.4) is 0 Å². The van der Waals surface area contributed by atoms with Crippen LogP contribution in [0.4, 0.5) is 5.69 Å². The third kappa shape index (κ3) is 2.21. The van der Waals surface area contributed by atoms with E-state index in [1.807, 2.05) is 6.92 Å². The molecule has 2 atom stereocenters. The first-order valence-electron chi connectivity index (χ1n) is 5.85. The molecule has 1 aromatic carbocycles. The van der Waals surface area contributed by atoms with E-state index < -0.39 is 6.04 Å². The van der Waals surface area contributed by atoms with Crippen LogP contribution in [0.2, 0.25) is 0 Å². The summed E-state index contributed by atoms with van der Waals surface area (Å²) in [6, 6.07) is 8.43. The van der Waals surface area contributed by atoms with Gasteiger partial charge in [0.1, 0.15) is 6.04 Å². The molecule has 0 aromatic heterocycles. The lowest BCUT2D eigenvalue weighted by Gasteiger charge is -2.37. The van der Waals surface area contributed by atoms with E-state index in [4.69, 9.17) is 10.4 Å². The summed E-state index contributed by atoms with van der Waals surface area (Å²) in [5, 5.41) is 21.0. The van der Waals surface area contributed by atoms with Gasteiger partial charge in [-0.1, -0.05) is 6.07 Å². The maximum atomic E-state index is 12.2. The average Bonchev–Trinajstić information content (AvgIpc) is 2.39. The molecule has 1 heterocycles. The molecular formula is C13H15N3O2. The largest absolute Gasteiger partial charge is 0.394 e. The van der Waals surface area contributed by atoms with Crippen LogP contribution >= 0.6 is 0 Å². The van der Waals surface area contributed by atoms with Crippen LogP contribution in [-0.4, -0.2) is 36.2 Å². The Morgan fingerprint density at radius 2 is 2.39 bits per heavy atom. The van der Waals surface area contributed by atoms with Gasteiger partial charge in [-0.25, -0.2) is 0 Å². The highest BCUT2D eigenvalue weighted by atomic mass is 16.3. The van der Waals surface area contributed by atoms with Crippen LogP contribution in [0.1, 0.15) is 12.5 Å². The van der Waals surface area contributed by atoms with Crippen molar-refractivity contribution >= 4 is 11.6 Å². The molecule has 1 aliphatic rings. The number of rotatable bonds is 2. The first-order valence-corrected chi connectivity index (χ1v) is 5.85. The van der Waals surface area contributed by atoms with Crippen molar-refractivity contribution < 1.29 is 9.90 Å². The second-order valence-corrected chi connectivity index (χ2v) is 4.36. The van der Waals surface area contributed by atoms with Crippen molar-refractivity contribution in [2.45, 2.75) is 19.0 Å². The number of carbonyl (C=O) groups excluding carboxylic acids is 1. The van der Waals surface area contributed by atoms with Gasteiger partial charge >= 0.3 is 0 Å². The zero-order valence-corrected chi connectivity index (χ0v) is 10.1. The van der Waals surface area contributed by atoms with Crippen LogP contribution in [-0.2, 0) is 4.79 Å². The highest BCUT2D eigenvalue weighted by Crippen LogP contribution is 2.21. The van der Waals surface area contributed by atoms with Crippen molar-refractivity contribution in [3.05, 3.63) is 29.8 Å². The summed E-state index contributed by atoms with van der Waals surface area (Å²) >= 11 is 0. The molecule has 0 saturated carbocycles. The number of carbonyl (C=O) groups is 1. The Morgan fingerprint density at radius 3 is 3.06 bits per heavy atom. The van der Waals surface area contributed by atoms with Crippen LogP contribution in [0, 0.1) is 11.3 Å². The Morgan fingerprint density at radius 1 is 1.61 bits per heavy atom. The highest BCUT2D eigenvalue weighted by Gasteiger charge is 2.33. The van der Waals surface area contributed by atoms with Crippen molar-refractivity contribution in [3.63, 3.8) is 0 Å².